The van der Waals surface area contributed by atoms with Crippen LogP contribution in [0, 0.1) is 6.92 Å². The van der Waals surface area contributed by atoms with Crippen molar-refractivity contribution in [2.24, 2.45) is 0 Å². The summed E-state index contributed by atoms with van der Waals surface area (Å²) in [5.74, 6) is -0.880. The maximum absolute atomic E-state index is 13.1. The number of nitrogens with zero attached hydrogens (tertiary/aromatic N) is 3. The third-order valence-electron chi connectivity index (χ3n) is 7.73. The van der Waals surface area contributed by atoms with Crippen LogP contribution in [0.1, 0.15) is 54.6 Å². The number of aliphatic hydroxyl groups is 1. The highest BCUT2D eigenvalue weighted by molar-refractivity contribution is 7.66. The molecule has 0 spiro atoms. The fourth-order valence-electron chi connectivity index (χ4n) is 5.19. The molecule has 5 N–H and O–H groups in total. The van der Waals surface area contributed by atoms with Gasteiger partial charge in [0.2, 0.25) is 25.0 Å². The average molecular weight is 604 g/mol. The van der Waals surface area contributed by atoms with Gasteiger partial charge in [-0.05, 0) is 58.2 Å². The zero-order valence-corrected chi connectivity index (χ0v) is 24.5. The summed E-state index contributed by atoms with van der Waals surface area (Å²) < 4.78 is 36.4. The van der Waals surface area contributed by atoms with Crippen LogP contribution in [0.2, 0.25) is 0 Å². The van der Waals surface area contributed by atoms with Gasteiger partial charge in [0.15, 0.2) is 5.75 Å². The van der Waals surface area contributed by atoms with Gasteiger partial charge in [-0.1, -0.05) is 0 Å². The van der Waals surface area contributed by atoms with E-state index in [-0.39, 0.29) is 17.0 Å². The van der Waals surface area contributed by atoms with Gasteiger partial charge in [-0.25, -0.2) is 4.79 Å². The van der Waals surface area contributed by atoms with Crippen molar-refractivity contribution in [3.8, 4) is 5.75 Å². The minimum Gasteiger partial charge on any atom is -0.492 e. The molecule has 1 aromatic heterocycles. The average Bonchev–Trinajstić information content (AvgIpc) is 3.72. The molecule has 1 aromatic carbocycles. The highest BCUT2D eigenvalue weighted by Crippen LogP contribution is 2.62. The van der Waals surface area contributed by atoms with Gasteiger partial charge in [0, 0.05) is 31.4 Å². The summed E-state index contributed by atoms with van der Waals surface area (Å²) >= 11 is 0. The van der Waals surface area contributed by atoms with Gasteiger partial charge < -0.3 is 43.8 Å². The SMILES string of the molecule is COc1c(N2CCCC(N(C)C(O)OC(C)([PH](=O)O)P(=O)(O)O)C2)c(C)cc2c(=O)c(C(=O)O)cn(C3CC3)c12. The zero-order valence-electron chi connectivity index (χ0n) is 22.6. The minimum atomic E-state index is -5.22. The first kappa shape index (κ1) is 30.7. The molecule has 1 aliphatic carbocycles. The molecule has 4 rings (SSSR count). The maximum atomic E-state index is 13.1. The van der Waals surface area contributed by atoms with Crippen molar-refractivity contribution in [2.75, 3.05) is 32.1 Å². The Morgan fingerprint density at radius 1 is 1.30 bits per heavy atom. The fourth-order valence-corrected chi connectivity index (χ4v) is 6.62. The van der Waals surface area contributed by atoms with E-state index in [0.717, 1.165) is 19.8 Å². The molecule has 40 heavy (non-hydrogen) atoms. The molecule has 0 bridgehead atoms. The first-order valence-corrected chi connectivity index (χ1v) is 15.7. The topological polar surface area (TPSA) is 199 Å². The van der Waals surface area contributed by atoms with E-state index in [1.807, 2.05) is 4.90 Å². The van der Waals surface area contributed by atoms with E-state index >= 15 is 0 Å². The number of pyridine rings is 1. The van der Waals surface area contributed by atoms with Crippen LogP contribution >= 0.6 is 15.6 Å². The molecule has 2 aliphatic rings. The number of aromatic carboxylic acids is 1. The number of ether oxygens (including phenoxy) is 2. The number of anilines is 1. The van der Waals surface area contributed by atoms with E-state index in [4.69, 9.17) is 9.47 Å². The minimum absolute atomic E-state index is 0.0421. The van der Waals surface area contributed by atoms with Crippen molar-refractivity contribution in [3.05, 3.63) is 33.6 Å². The number of carboxylic acids is 1. The van der Waals surface area contributed by atoms with Crippen LogP contribution in [0.5, 0.6) is 5.75 Å². The Morgan fingerprint density at radius 2 is 1.95 bits per heavy atom. The third-order valence-corrected chi connectivity index (χ3v) is 11.3. The summed E-state index contributed by atoms with van der Waals surface area (Å²) in [4.78, 5) is 57.0. The zero-order chi connectivity index (χ0) is 29.7. The number of fused-ring (bicyclic) bond motifs is 1. The molecule has 1 saturated carbocycles. The number of carbonyl (C=O) groups is 1. The van der Waals surface area contributed by atoms with Gasteiger partial charge in [-0.3, -0.25) is 18.8 Å². The van der Waals surface area contributed by atoms with Crippen LogP contribution < -0.4 is 15.1 Å². The molecule has 1 saturated heterocycles. The number of benzene rings is 1. The second-order valence-electron chi connectivity index (χ2n) is 10.5. The number of likely N-dealkylation sites (N-methyl/N-ethyl adjacent to an activating group) is 1. The predicted molar refractivity (Wildman–Crippen MR) is 146 cm³/mol. The van der Waals surface area contributed by atoms with E-state index in [9.17, 15) is 43.6 Å². The van der Waals surface area contributed by atoms with Crippen LogP contribution in [0.4, 0.5) is 5.69 Å². The molecule has 2 heterocycles. The Labute approximate surface area is 230 Å². The van der Waals surface area contributed by atoms with Crippen LogP contribution in [0.25, 0.3) is 10.9 Å². The number of methoxy groups -OCH3 is 1. The van der Waals surface area contributed by atoms with Crippen molar-refractivity contribution in [1.29, 1.82) is 0 Å². The van der Waals surface area contributed by atoms with E-state index in [2.05, 4.69) is 0 Å². The van der Waals surface area contributed by atoms with Gasteiger partial charge in [0.25, 0.3) is 0 Å². The highest BCUT2D eigenvalue weighted by Gasteiger charge is 2.51. The Bertz CT molecular complexity index is 1450. The normalized spacial score (nSPS) is 21.3. The summed E-state index contributed by atoms with van der Waals surface area (Å²) in [5.41, 5.74) is 0.973. The Kier molecular flexibility index (Phi) is 8.58. The first-order valence-electron chi connectivity index (χ1n) is 12.7. The van der Waals surface area contributed by atoms with E-state index in [0.29, 0.717) is 48.4 Å². The molecule has 2 aromatic rings. The maximum Gasteiger partial charge on any atom is 0.366 e. The summed E-state index contributed by atoms with van der Waals surface area (Å²) in [6.45, 7) is 3.50. The van der Waals surface area contributed by atoms with E-state index in [1.165, 1.54) is 25.3 Å². The van der Waals surface area contributed by atoms with Crippen LogP contribution in [-0.4, -0.2) is 85.1 Å². The van der Waals surface area contributed by atoms with Crippen molar-refractivity contribution >= 4 is 38.2 Å². The monoisotopic (exact) mass is 603 g/mol. The lowest BCUT2D eigenvalue weighted by Crippen LogP contribution is -2.52. The molecule has 4 atom stereocenters. The van der Waals surface area contributed by atoms with Gasteiger partial charge in [-0.15, -0.1) is 0 Å². The number of hydrogen-bond donors (Lipinski definition) is 5. The lowest BCUT2D eigenvalue weighted by molar-refractivity contribution is -0.216. The second kappa shape index (κ2) is 11.2. The summed E-state index contributed by atoms with van der Waals surface area (Å²) in [5, 5.41) is 17.8. The number of piperidine rings is 1. The van der Waals surface area contributed by atoms with E-state index in [1.54, 1.807) is 17.6 Å². The lowest BCUT2D eigenvalue weighted by Gasteiger charge is -2.42. The van der Waals surface area contributed by atoms with Crippen molar-refractivity contribution in [2.45, 2.75) is 63.1 Å². The molecule has 222 valence electrons. The standard InChI is InChI=1S/C24H35N3O11P2/c1-13-10-16-19(27(14-7-8-14)12-17(20(16)28)22(29)30)21(37-4)18(13)26-9-5-6-15(11-26)25(3)23(31)38-24(2,39(32)33)40(34,35)36/h10,12,14-15,23,31,39H,5-9,11H2,1-4H3,(H,29,30)(H,32,33)(H2,34,35,36). The molecule has 14 nitrogen and oxygen atoms in total. The molecular formula is C24H35N3O11P2. The molecule has 4 unspecified atom stereocenters. The fraction of sp³-hybridized carbons (Fsp3) is 0.583. The van der Waals surface area contributed by atoms with Gasteiger partial charge in [-0.2, -0.15) is 0 Å². The third kappa shape index (κ3) is 5.47. The summed E-state index contributed by atoms with van der Waals surface area (Å²) in [6.07, 6.45) is 2.40. The molecule has 1 aliphatic heterocycles. The molecule has 0 radical (unpaired) electrons. The van der Waals surface area contributed by atoms with Crippen molar-refractivity contribution in [1.82, 2.24) is 9.47 Å². The Balaban J connectivity index is 1.71. The number of aromatic nitrogens is 1. The lowest BCUT2D eigenvalue weighted by atomic mass is 10.00. The van der Waals surface area contributed by atoms with Crippen LogP contribution in [-0.2, 0) is 13.9 Å². The molecular weight excluding hydrogens is 568 g/mol. The summed E-state index contributed by atoms with van der Waals surface area (Å²) in [7, 11) is -6.16. The summed E-state index contributed by atoms with van der Waals surface area (Å²) in [6, 6.07) is 1.31. The van der Waals surface area contributed by atoms with Gasteiger partial charge >= 0.3 is 13.6 Å². The predicted octanol–water partition coefficient (Wildman–Crippen LogP) is 1.86. The van der Waals surface area contributed by atoms with Crippen LogP contribution in [0.15, 0.2) is 17.1 Å². The van der Waals surface area contributed by atoms with E-state index < -0.39 is 44.6 Å². The molecule has 2 fully saturated rings. The number of rotatable bonds is 10. The highest BCUT2D eigenvalue weighted by atomic mass is 31.2. The van der Waals surface area contributed by atoms with Crippen molar-refractivity contribution in [3.63, 3.8) is 0 Å². The molecule has 16 heteroatoms. The Morgan fingerprint density at radius 3 is 2.48 bits per heavy atom. The second-order valence-corrected chi connectivity index (χ2v) is 14.4. The quantitative estimate of drug-likeness (QED) is 0.195. The number of aryl methyl sites for hydroxylation is 1. The van der Waals surface area contributed by atoms with Crippen LogP contribution in [0.3, 0.4) is 0 Å². The van der Waals surface area contributed by atoms with Gasteiger partial charge in [0.1, 0.15) is 5.56 Å². The largest absolute Gasteiger partial charge is 0.492 e. The Hall–Kier alpha value is -2.28. The van der Waals surface area contributed by atoms with Crippen molar-refractivity contribution < 1.29 is 48.3 Å². The number of carboxylic acid groups (broad SMARTS) is 1. The number of aliphatic hydroxyl groups excluding tert-OH is 1. The molecule has 0 amide bonds. The number of hydrogen-bond acceptors (Lipinski definition) is 9. The van der Waals surface area contributed by atoms with Gasteiger partial charge in [0.05, 0.1) is 23.7 Å². The first-order chi connectivity index (χ1) is 18.6. The smallest absolute Gasteiger partial charge is 0.366 e.